The Labute approximate surface area is 104 Å². The standard InChI is InChI=1S/C11H14N2O5/c1-12(2)10(16)6-5-7(6)11(17)18-13-8(14)3-4-9(13)15/h6-7H,3-5H2,1-2H3/t6-,7-/m1/s1. The minimum Gasteiger partial charge on any atom is -0.349 e. The first-order valence-corrected chi connectivity index (χ1v) is 5.70. The molecule has 2 rings (SSSR count). The number of carbonyl (C=O) groups is 4. The van der Waals surface area contributed by atoms with Crippen LogP contribution in [0.25, 0.3) is 0 Å². The van der Waals surface area contributed by atoms with Crippen LogP contribution in [0.5, 0.6) is 0 Å². The second-order valence-corrected chi connectivity index (χ2v) is 4.67. The van der Waals surface area contributed by atoms with Crippen molar-refractivity contribution in [3.63, 3.8) is 0 Å². The van der Waals surface area contributed by atoms with E-state index in [1.165, 1.54) is 4.90 Å². The highest BCUT2D eigenvalue weighted by atomic mass is 16.7. The second kappa shape index (κ2) is 4.40. The van der Waals surface area contributed by atoms with E-state index < -0.39 is 23.7 Å². The van der Waals surface area contributed by atoms with Crippen molar-refractivity contribution in [3.05, 3.63) is 0 Å². The lowest BCUT2D eigenvalue weighted by Crippen LogP contribution is -2.33. The molecule has 2 atom stereocenters. The maximum absolute atomic E-state index is 11.7. The first-order chi connectivity index (χ1) is 8.41. The van der Waals surface area contributed by atoms with Crippen molar-refractivity contribution in [1.29, 1.82) is 0 Å². The van der Waals surface area contributed by atoms with Crippen LogP contribution in [-0.4, -0.2) is 47.7 Å². The van der Waals surface area contributed by atoms with Gasteiger partial charge in [0.15, 0.2) is 0 Å². The zero-order chi connectivity index (χ0) is 13.4. The minimum atomic E-state index is -0.682. The average molecular weight is 254 g/mol. The molecule has 0 aromatic carbocycles. The molecule has 3 amide bonds. The fourth-order valence-corrected chi connectivity index (χ4v) is 1.88. The van der Waals surface area contributed by atoms with Gasteiger partial charge >= 0.3 is 5.97 Å². The Morgan fingerprint density at radius 3 is 2.22 bits per heavy atom. The molecule has 2 fully saturated rings. The molecule has 0 unspecified atom stereocenters. The van der Waals surface area contributed by atoms with Gasteiger partial charge in [-0.05, 0) is 6.42 Å². The van der Waals surface area contributed by atoms with E-state index in [1.807, 2.05) is 0 Å². The van der Waals surface area contributed by atoms with Crippen molar-refractivity contribution >= 4 is 23.7 Å². The maximum atomic E-state index is 11.7. The highest BCUT2D eigenvalue weighted by molar-refractivity contribution is 6.02. The van der Waals surface area contributed by atoms with Gasteiger partial charge in [-0.25, -0.2) is 4.79 Å². The predicted octanol–water partition coefficient (Wildman–Crippen LogP) is -0.682. The molecule has 98 valence electrons. The fourth-order valence-electron chi connectivity index (χ4n) is 1.88. The van der Waals surface area contributed by atoms with Crippen LogP contribution in [0, 0.1) is 11.8 Å². The normalized spacial score (nSPS) is 26.2. The number of rotatable bonds is 3. The van der Waals surface area contributed by atoms with E-state index in [0.29, 0.717) is 11.5 Å². The molecule has 0 bridgehead atoms. The summed E-state index contributed by atoms with van der Waals surface area (Å²) in [6, 6.07) is 0. The van der Waals surface area contributed by atoms with Gasteiger partial charge in [0.1, 0.15) is 0 Å². The third-order valence-corrected chi connectivity index (χ3v) is 3.04. The summed E-state index contributed by atoms with van der Waals surface area (Å²) in [5.74, 6) is -2.77. The number of imide groups is 1. The molecule has 1 aliphatic carbocycles. The molecule has 0 spiro atoms. The van der Waals surface area contributed by atoms with Gasteiger partial charge in [0.05, 0.1) is 11.8 Å². The topological polar surface area (TPSA) is 84.0 Å². The zero-order valence-corrected chi connectivity index (χ0v) is 10.2. The largest absolute Gasteiger partial charge is 0.349 e. The third-order valence-electron chi connectivity index (χ3n) is 3.04. The van der Waals surface area contributed by atoms with Crippen molar-refractivity contribution in [2.24, 2.45) is 11.8 Å². The van der Waals surface area contributed by atoms with E-state index in [1.54, 1.807) is 14.1 Å². The van der Waals surface area contributed by atoms with Crippen LogP contribution in [0.15, 0.2) is 0 Å². The summed E-state index contributed by atoms with van der Waals surface area (Å²) in [7, 11) is 3.22. The number of hydroxylamine groups is 2. The van der Waals surface area contributed by atoms with Gasteiger partial charge in [-0.15, -0.1) is 5.06 Å². The van der Waals surface area contributed by atoms with Crippen molar-refractivity contribution < 1.29 is 24.0 Å². The predicted molar refractivity (Wildman–Crippen MR) is 57.5 cm³/mol. The van der Waals surface area contributed by atoms with E-state index >= 15 is 0 Å². The van der Waals surface area contributed by atoms with Crippen LogP contribution in [-0.2, 0) is 24.0 Å². The summed E-state index contributed by atoms with van der Waals surface area (Å²) in [6.07, 6.45) is 0.541. The number of hydrogen-bond donors (Lipinski definition) is 0. The third kappa shape index (κ3) is 2.20. The Morgan fingerprint density at radius 1 is 1.17 bits per heavy atom. The van der Waals surface area contributed by atoms with Gasteiger partial charge in [-0.1, -0.05) is 0 Å². The van der Waals surface area contributed by atoms with E-state index in [9.17, 15) is 19.2 Å². The van der Waals surface area contributed by atoms with Gasteiger partial charge in [0, 0.05) is 26.9 Å². The Bertz CT molecular complexity index is 415. The quantitative estimate of drug-likeness (QED) is 0.623. The lowest BCUT2D eigenvalue weighted by atomic mass is 10.3. The van der Waals surface area contributed by atoms with Gasteiger partial charge in [0.25, 0.3) is 11.8 Å². The van der Waals surface area contributed by atoms with Gasteiger partial charge in [-0.2, -0.15) is 0 Å². The molecule has 1 heterocycles. The van der Waals surface area contributed by atoms with E-state index in [0.717, 1.165) is 0 Å². The van der Waals surface area contributed by atoms with Gasteiger partial charge in [-0.3, -0.25) is 14.4 Å². The maximum Gasteiger partial charge on any atom is 0.337 e. The molecule has 0 N–H and O–H groups in total. The van der Waals surface area contributed by atoms with Crippen molar-refractivity contribution in [1.82, 2.24) is 9.96 Å². The molecular formula is C11H14N2O5. The van der Waals surface area contributed by atoms with Gasteiger partial charge < -0.3 is 9.74 Å². The van der Waals surface area contributed by atoms with Crippen LogP contribution in [0.3, 0.4) is 0 Å². The highest BCUT2D eigenvalue weighted by Gasteiger charge is 2.51. The fraction of sp³-hybridized carbons (Fsp3) is 0.636. The van der Waals surface area contributed by atoms with Crippen LogP contribution in [0.2, 0.25) is 0 Å². The summed E-state index contributed by atoms with van der Waals surface area (Å²) >= 11 is 0. The number of amides is 3. The second-order valence-electron chi connectivity index (χ2n) is 4.67. The summed E-state index contributed by atoms with van der Waals surface area (Å²) < 4.78 is 0. The molecule has 1 saturated carbocycles. The Kier molecular flexibility index (Phi) is 3.06. The molecule has 0 aromatic heterocycles. The molecule has 2 aliphatic rings. The van der Waals surface area contributed by atoms with Gasteiger partial charge in [0.2, 0.25) is 5.91 Å². The lowest BCUT2D eigenvalue weighted by Gasteiger charge is -2.13. The Hall–Kier alpha value is -1.92. The minimum absolute atomic E-state index is 0.0663. The summed E-state index contributed by atoms with van der Waals surface area (Å²) in [4.78, 5) is 51.8. The number of nitrogens with zero attached hydrogens (tertiary/aromatic N) is 2. The van der Waals surface area contributed by atoms with Crippen molar-refractivity contribution in [3.8, 4) is 0 Å². The molecule has 1 saturated heterocycles. The Morgan fingerprint density at radius 2 is 1.72 bits per heavy atom. The Balaban J connectivity index is 1.89. The first-order valence-electron chi connectivity index (χ1n) is 5.70. The van der Waals surface area contributed by atoms with Crippen LogP contribution >= 0.6 is 0 Å². The lowest BCUT2D eigenvalue weighted by molar-refractivity contribution is -0.198. The molecule has 18 heavy (non-hydrogen) atoms. The molecule has 0 radical (unpaired) electrons. The summed E-state index contributed by atoms with van der Waals surface area (Å²) in [6.45, 7) is 0. The highest BCUT2D eigenvalue weighted by Crippen LogP contribution is 2.40. The van der Waals surface area contributed by atoms with E-state index in [2.05, 4.69) is 0 Å². The van der Waals surface area contributed by atoms with Crippen molar-refractivity contribution in [2.45, 2.75) is 19.3 Å². The summed E-state index contributed by atoms with van der Waals surface area (Å²) in [5, 5.41) is 0.512. The SMILES string of the molecule is CN(C)C(=O)[C@@H]1C[C@H]1C(=O)ON1C(=O)CCC1=O. The average Bonchev–Trinajstić information content (AvgIpc) is 3.05. The van der Waals surface area contributed by atoms with Crippen LogP contribution < -0.4 is 0 Å². The van der Waals surface area contributed by atoms with Crippen LogP contribution in [0.4, 0.5) is 0 Å². The molecule has 7 nitrogen and oxygen atoms in total. The monoisotopic (exact) mass is 254 g/mol. The smallest absolute Gasteiger partial charge is 0.337 e. The first kappa shape index (κ1) is 12.5. The zero-order valence-electron chi connectivity index (χ0n) is 10.2. The van der Waals surface area contributed by atoms with E-state index in [-0.39, 0.29) is 24.7 Å². The molecule has 7 heteroatoms. The summed E-state index contributed by atoms with van der Waals surface area (Å²) in [5.41, 5.74) is 0. The van der Waals surface area contributed by atoms with Crippen LogP contribution in [0.1, 0.15) is 19.3 Å². The molecule has 1 aliphatic heterocycles. The number of carbonyl (C=O) groups excluding carboxylic acids is 4. The molecular weight excluding hydrogens is 240 g/mol. The van der Waals surface area contributed by atoms with Crippen molar-refractivity contribution in [2.75, 3.05) is 14.1 Å². The molecule has 0 aromatic rings. The van der Waals surface area contributed by atoms with E-state index in [4.69, 9.17) is 4.84 Å². The number of hydrogen-bond acceptors (Lipinski definition) is 5.